The Balaban J connectivity index is 1.62. The molecule has 3 aromatic rings. The summed E-state index contributed by atoms with van der Waals surface area (Å²) in [6.45, 7) is 4.14. The maximum atomic E-state index is 13.4. The van der Waals surface area contributed by atoms with Crippen LogP contribution in [0.25, 0.3) is 10.6 Å². The molecule has 1 saturated carbocycles. The molecular formula is C23H24N2O2S. The van der Waals surface area contributed by atoms with Crippen LogP contribution in [0.2, 0.25) is 0 Å². The van der Waals surface area contributed by atoms with Gasteiger partial charge in [0.2, 0.25) is 0 Å². The van der Waals surface area contributed by atoms with Crippen LogP contribution < -0.4 is 9.64 Å². The molecule has 0 saturated heterocycles. The smallest absolute Gasteiger partial charge is 0.258 e. The number of amides is 1. The van der Waals surface area contributed by atoms with Crippen LogP contribution in [0.15, 0.2) is 53.9 Å². The minimum Gasteiger partial charge on any atom is -0.497 e. The van der Waals surface area contributed by atoms with E-state index in [1.165, 1.54) is 12.8 Å². The molecule has 1 unspecified atom stereocenters. The fourth-order valence-electron chi connectivity index (χ4n) is 3.45. The molecule has 1 atom stereocenters. The number of nitrogens with zero attached hydrogens (tertiary/aromatic N) is 2. The summed E-state index contributed by atoms with van der Waals surface area (Å²) in [4.78, 5) is 19.9. The molecule has 4 nitrogen and oxygen atoms in total. The fraction of sp³-hybridized carbons (Fsp3) is 0.304. The summed E-state index contributed by atoms with van der Waals surface area (Å²) < 4.78 is 5.26. The highest BCUT2D eigenvalue weighted by Crippen LogP contribution is 2.38. The number of ether oxygens (including phenoxy) is 1. The first-order valence-electron chi connectivity index (χ1n) is 9.57. The Morgan fingerprint density at radius 1 is 1.14 bits per heavy atom. The normalized spacial score (nSPS) is 14.5. The first kappa shape index (κ1) is 18.7. The summed E-state index contributed by atoms with van der Waals surface area (Å²) >= 11 is 1.62. The Morgan fingerprint density at radius 2 is 1.82 bits per heavy atom. The van der Waals surface area contributed by atoms with Gasteiger partial charge in [0, 0.05) is 33.9 Å². The van der Waals surface area contributed by atoms with Crippen molar-refractivity contribution in [2.24, 2.45) is 5.92 Å². The quantitative estimate of drug-likeness (QED) is 0.550. The van der Waals surface area contributed by atoms with Crippen molar-refractivity contribution in [1.82, 2.24) is 4.98 Å². The zero-order valence-corrected chi connectivity index (χ0v) is 17.2. The van der Waals surface area contributed by atoms with E-state index in [4.69, 9.17) is 4.74 Å². The minimum absolute atomic E-state index is 0.0337. The highest BCUT2D eigenvalue weighted by atomic mass is 32.1. The fourth-order valence-corrected chi connectivity index (χ4v) is 4.25. The molecule has 1 amide bonds. The molecule has 1 heterocycles. The van der Waals surface area contributed by atoms with Gasteiger partial charge in [0.15, 0.2) is 0 Å². The van der Waals surface area contributed by atoms with Gasteiger partial charge in [-0.3, -0.25) is 4.79 Å². The van der Waals surface area contributed by atoms with E-state index in [0.29, 0.717) is 11.5 Å². The molecule has 0 N–H and O–H groups in total. The molecule has 0 aliphatic heterocycles. The van der Waals surface area contributed by atoms with Gasteiger partial charge in [0.1, 0.15) is 10.8 Å². The summed E-state index contributed by atoms with van der Waals surface area (Å²) in [6, 6.07) is 15.7. The number of benzene rings is 2. The van der Waals surface area contributed by atoms with Crippen molar-refractivity contribution in [3.8, 4) is 16.3 Å². The Bertz CT molecular complexity index is 959. The lowest BCUT2D eigenvalue weighted by molar-refractivity contribution is 0.0975. The third-order valence-electron chi connectivity index (χ3n) is 5.28. The molecule has 0 radical (unpaired) electrons. The number of hydrogen-bond donors (Lipinski definition) is 0. The molecule has 1 aliphatic carbocycles. The van der Waals surface area contributed by atoms with Gasteiger partial charge in [-0.25, -0.2) is 4.98 Å². The van der Waals surface area contributed by atoms with Crippen molar-refractivity contribution >= 4 is 22.9 Å². The van der Waals surface area contributed by atoms with Crippen LogP contribution in [0.3, 0.4) is 0 Å². The van der Waals surface area contributed by atoms with Gasteiger partial charge < -0.3 is 9.64 Å². The van der Waals surface area contributed by atoms with Crippen molar-refractivity contribution < 1.29 is 9.53 Å². The minimum atomic E-state index is 0.0337. The summed E-state index contributed by atoms with van der Waals surface area (Å²) in [6.07, 6.45) is 2.37. The Labute approximate surface area is 169 Å². The standard InChI is InChI=1S/C23H24N2O2S/c1-15-14-28-22(24-15)18-6-8-19(9-7-18)23(26)25(16(2)17-4-5-17)20-10-12-21(27-3)13-11-20/h6-14,16-17H,4-5H2,1-3H3. The number of aromatic nitrogens is 1. The van der Waals surface area contributed by atoms with Crippen molar-refractivity contribution in [1.29, 1.82) is 0 Å². The number of aryl methyl sites for hydroxylation is 1. The monoisotopic (exact) mass is 392 g/mol. The maximum absolute atomic E-state index is 13.4. The topological polar surface area (TPSA) is 42.4 Å². The highest BCUT2D eigenvalue weighted by molar-refractivity contribution is 7.13. The van der Waals surface area contributed by atoms with Crippen LogP contribution in [-0.2, 0) is 0 Å². The molecule has 5 heteroatoms. The number of rotatable bonds is 6. The van der Waals surface area contributed by atoms with Crippen LogP contribution in [0, 0.1) is 12.8 Å². The number of anilines is 1. The van der Waals surface area contributed by atoms with Crippen molar-refractivity contribution in [2.45, 2.75) is 32.7 Å². The highest BCUT2D eigenvalue weighted by Gasteiger charge is 2.35. The molecule has 4 rings (SSSR count). The second-order valence-corrected chi connectivity index (χ2v) is 8.18. The predicted octanol–water partition coefficient (Wildman–Crippen LogP) is 5.57. The number of thiazole rings is 1. The van der Waals surface area contributed by atoms with Gasteiger partial charge in [-0.05, 0) is 69.0 Å². The molecular weight excluding hydrogens is 368 g/mol. The number of carbonyl (C=O) groups is 1. The Kier molecular flexibility index (Phi) is 5.18. The second kappa shape index (κ2) is 7.76. The first-order chi connectivity index (χ1) is 13.6. The molecule has 1 fully saturated rings. The van der Waals surface area contributed by atoms with E-state index >= 15 is 0 Å². The van der Waals surface area contributed by atoms with E-state index in [0.717, 1.165) is 27.7 Å². The molecule has 28 heavy (non-hydrogen) atoms. The van der Waals surface area contributed by atoms with E-state index in [-0.39, 0.29) is 11.9 Å². The van der Waals surface area contributed by atoms with Gasteiger partial charge in [0.05, 0.1) is 7.11 Å². The largest absolute Gasteiger partial charge is 0.497 e. The van der Waals surface area contributed by atoms with E-state index in [1.54, 1.807) is 18.4 Å². The van der Waals surface area contributed by atoms with Crippen LogP contribution in [0.4, 0.5) is 5.69 Å². The first-order valence-corrected chi connectivity index (χ1v) is 10.4. The summed E-state index contributed by atoms with van der Waals surface area (Å²) in [5.41, 5.74) is 3.66. The Hall–Kier alpha value is -2.66. The van der Waals surface area contributed by atoms with Gasteiger partial charge in [-0.15, -0.1) is 11.3 Å². The number of methoxy groups -OCH3 is 1. The number of hydrogen-bond acceptors (Lipinski definition) is 4. The van der Waals surface area contributed by atoms with Crippen molar-refractivity contribution in [3.05, 3.63) is 65.2 Å². The van der Waals surface area contributed by atoms with Crippen molar-refractivity contribution in [2.75, 3.05) is 12.0 Å². The maximum Gasteiger partial charge on any atom is 0.258 e. The lowest BCUT2D eigenvalue weighted by atomic mass is 10.1. The van der Waals surface area contributed by atoms with Gasteiger partial charge >= 0.3 is 0 Å². The molecule has 144 valence electrons. The third kappa shape index (κ3) is 3.80. The zero-order chi connectivity index (χ0) is 19.7. The molecule has 2 aromatic carbocycles. The van der Waals surface area contributed by atoms with Gasteiger partial charge in [-0.2, -0.15) is 0 Å². The summed E-state index contributed by atoms with van der Waals surface area (Å²) in [5.74, 6) is 1.40. The zero-order valence-electron chi connectivity index (χ0n) is 16.4. The summed E-state index contributed by atoms with van der Waals surface area (Å²) in [7, 11) is 1.65. The van der Waals surface area contributed by atoms with Crippen LogP contribution in [0.5, 0.6) is 5.75 Å². The summed E-state index contributed by atoms with van der Waals surface area (Å²) in [5, 5.41) is 3.02. The van der Waals surface area contributed by atoms with Crippen LogP contribution >= 0.6 is 11.3 Å². The molecule has 1 aliphatic rings. The average Bonchev–Trinajstić information content (AvgIpc) is 3.49. The van der Waals surface area contributed by atoms with Gasteiger partial charge in [-0.1, -0.05) is 12.1 Å². The number of carbonyl (C=O) groups excluding carboxylic acids is 1. The van der Waals surface area contributed by atoms with E-state index in [2.05, 4.69) is 11.9 Å². The molecule has 0 spiro atoms. The van der Waals surface area contributed by atoms with E-state index in [9.17, 15) is 4.79 Å². The predicted molar refractivity (Wildman–Crippen MR) is 114 cm³/mol. The lowest BCUT2D eigenvalue weighted by Gasteiger charge is -2.30. The Morgan fingerprint density at radius 3 is 2.36 bits per heavy atom. The SMILES string of the molecule is COc1ccc(N(C(=O)c2ccc(-c3nc(C)cs3)cc2)C(C)C2CC2)cc1. The molecule has 1 aromatic heterocycles. The third-order valence-corrected chi connectivity index (χ3v) is 6.29. The lowest BCUT2D eigenvalue weighted by Crippen LogP contribution is -2.40. The van der Waals surface area contributed by atoms with Crippen LogP contribution in [0.1, 0.15) is 35.8 Å². The van der Waals surface area contributed by atoms with E-state index < -0.39 is 0 Å². The second-order valence-electron chi connectivity index (χ2n) is 7.32. The van der Waals surface area contributed by atoms with Gasteiger partial charge in [0.25, 0.3) is 5.91 Å². The van der Waals surface area contributed by atoms with Crippen LogP contribution in [-0.4, -0.2) is 24.0 Å². The van der Waals surface area contributed by atoms with E-state index in [1.807, 2.05) is 65.7 Å². The van der Waals surface area contributed by atoms with Crippen molar-refractivity contribution in [3.63, 3.8) is 0 Å². The average molecular weight is 393 g/mol. The molecule has 0 bridgehead atoms.